The smallest absolute Gasteiger partial charge is 0.358 e. The molecule has 0 aliphatic carbocycles. The summed E-state index contributed by atoms with van der Waals surface area (Å²) >= 11 is 0. The van der Waals surface area contributed by atoms with Crippen molar-refractivity contribution in [2.75, 3.05) is 6.54 Å². The molecule has 1 rings (SSSR count). The number of hydrogen-bond acceptors (Lipinski definition) is 4. The van der Waals surface area contributed by atoms with Gasteiger partial charge in [0.1, 0.15) is 6.54 Å². The average molecular weight is 254 g/mol. The lowest BCUT2D eigenvalue weighted by Gasteiger charge is -2.26. The van der Waals surface area contributed by atoms with E-state index in [0.29, 0.717) is 6.54 Å². The molecule has 18 heavy (non-hydrogen) atoms. The zero-order chi connectivity index (χ0) is 13.7. The lowest BCUT2D eigenvalue weighted by atomic mass is 10.3. The van der Waals surface area contributed by atoms with E-state index in [4.69, 9.17) is 5.11 Å². The Morgan fingerprint density at radius 2 is 2.17 bits per heavy atom. The summed E-state index contributed by atoms with van der Waals surface area (Å²) in [6.45, 7) is 6.57. The van der Waals surface area contributed by atoms with E-state index < -0.39 is 5.97 Å². The van der Waals surface area contributed by atoms with Crippen LogP contribution >= 0.6 is 0 Å². The van der Waals surface area contributed by atoms with E-state index in [2.05, 4.69) is 10.3 Å². The number of rotatable bonds is 6. The molecule has 0 saturated heterocycles. The maximum atomic E-state index is 12.0. The molecule has 0 unspecified atom stereocenters. The van der Waals surface area contributed by atoms with Crippen molar-refractivity contribution in [3.05, 3.63) is 11.9 Å². The Hall–Kier alpha value is -1.92. The molecular weight excluding hydrogens is 236 g/mol. The van der Waals surface area contributed by atoms with Crippen LogP contribution < -0.4 is 0 Å². The quantitative estimate of drug-likeness (QED) is 0.804. The first-order valence-corrected chi connectivity index (χ1v) is 5.88. The van der Waals surface area contributed by atoms with Crippen LogP contribution in [0.15, 0.2) is 6.20 Å². The maximum Gasteiger partial charge on any atom is 0.358 e. The van der Waals surface area contributed by atoms with Crippen molar-refractivity contribution in [3.8, 4) is 0 Å². The van der Waals surface area contributed by atoms with Gasteiger partial charge in [-0.05, 0) is 20.3 Å². The highest BCUT2D eigenvalue weighted by Crippen LogP contribution is 2.03. The summed E-state index contributed by atoms with van der Waals surface area (Å²) in [6, 6.07) is 0.111. The third-order valence-corrected chi connectivity index (χ3v) is 2.46. The third-order valence-electron chi connectivity index (χ3n) is 2.46. The number of nitrogens with zero attached hydrogens (tertiary/aromatic N) is 4. The number of carboxylic acid groups (broad SMARTS) is 1. The molecule has 0 bridgehead atoms. The van der Waals surface area contributed by atoms with Crippen LogP contribution in [0.25, 0.3) is 0 Å². The van der Waals surface area contributed by atoms with Crippen LogP contribution in [0.4, 0.5) is 0 Å². The molecule has 0 fully saturated rings. The standard InChI is InChI=1S/C11H18N4O3/c1-4-5-15(8(2)3)10(16)7-14-6-9(11(17)18)12-13-14/h6,8H,4-5,7H2,1-3H3,(H,17,18). The van der Waals surface area contributed by atoms with E-state index in [0.717, 1.165) is 6.42 Å². The van der Waals surface area contributed by atoms with Crippen LogP contribution in [0.5, 0.6) is 0 Å². The van der Waals surface area contributed by atoms with Crippen molar-refractivity contribution in [2.45, 2.75) is 39.8 Å². The molecule has 7 heteroatoms. The van der Waals surface area contributed by atoms with Gasteiger partial charge in [-0.2, -0.15) is 0 Å². The van der Waals surface area contributed by atoms with E-state index in [1.165, 1.54) is 10.9 Å². The van der Waals surface area contributed by atoms with Gasteiger partial charge in [-0.1, -0.05) is 12.1 Å². The lowest BCUT2D eigenvalue weighted by Crippen LogP contribution is -2.39. The zero-order valence-corrected chi connectivity index (χ0v) is 10.8. The van der Waals surface area contributed by atoms with Gasteiger partial charge in [-0.3, -0.25) is 4.79 Å². The molecular formula is C11H18N4O3. The summed E-state index contributed by atoms with van der Waals surface area (Å²) in [5.41, 5.74) is -0.158. The second-order valence-corrected chi connectivity index (χ2v) is 4.29. The molecule has 1 N–H and O–H groups in total. The van der Waals surface area contributed by atoms with Crippen molar-refractivity contribution in [2.24, 2.45) is 0 Å². The maximum absolute atomic E-state index is 12.0. The van der Waals surface area contributed by atoms with E-state index in [1.54, 1.807) is 4.90 Å². The molecule has 0 aliphatic heterocycles. The van der Waals surface area contributed by atoms with Crippen molar-refractivity contribution in [3.63, 3.8) is 0 Å². The molecule has 0 aromatic carbocycles. The van der Waals surface area contributed by atoms with Crippen molar-refractivity contribution in [1.82, 2.24) is 19.9 Å². The molecule has 0 spiro atoms. The van der Waals surface area contributed by atoms with Gasteiger partial charge in [0, 0.05) is 12.6 Å². The first-order valence-electron chi connectivity index (χ1n) is 5.88. The number of aromatic carboxylic acids is 1. The van der Waals surface area contributed by atoms with E-state index in [9.17, 15) is 9.59 Å². The summed E-state index contributed by atoms with van der Waals surface area (Å²) in [7, 11) is 0. The SMILES string of the molecule is CCCN(C(=O)Cn1cc(C(=O)O)nn1)C(C)C. The second kappa shape index (κ2) is 6.13. The molecule has 1 amide bonds. The minimum atomic E-state index is -1.15. The first kappa shape index (κ1) is 14.1. The van der Waals surface area contributed by atoms with Crippen LogP contribution in [0, 0.1) is 0 Å². The van der Waals surface area contributed by atoms with Gasteiger partial charge >= 0.3 is 5.97 Å². The van der Waals surface area contributed by atoms with Gasteiger partial charge in [0.15, 0.2) is 5.69 Å². The van der Waals surface area contributed by atoms with Crippen molar-refractivity contribution in [1.29, 1.82) is 0 Å². The minimum absolute atomic E-state index is 0.0124. The summed E-state index contributed by atoms with van der Waals surface area (Å²) in [5, 5.41) is 15.8. The topological polar surface area (TPSA) is 88.3 Å². The highest BCUT2D eigenvalue weighted by Gasteiger charge is 2.17. The molecule has 1 aromatic heterocycles. The summed E-state index contributed by atoms with van der Waals surface area (Å²) in [6.07, 6.45) is 2.13. The fourth-order valence-electron chi connectivity index (χ4n) is 1.61. The highest BCUT2D eigenvalue weighted by molar-refractivity contribution is 5.84. The predicted molar refractivity (Wildman–Crippen MR) is 64.1 cm³/mol. The van der Waals surface area contributed by atoms with Gasteiger partial charge in [-0.25, -0.2) is 9.48 Å². The summed E-state index contributed by atoms with van der Waals surface area (Å²) in [4.78, 5) is 24.4. The van der Waals surface area contributed by atoms with Crippen molar-refractivity contribution < 1.29 is 14.7 Å². The van der Waals surface area contributed by atoms with Crippen LogP contribution in [0.2, 0.25) is 0 Å². The van der Waals surface area contributed by atoms with Gasteiger partial charge in [0.05, 0.1) is 6.20 Å². The van der Waals surface area contributed by atoms with E-state index in [-0.39, 0.29) is 24.2 Å². The predicted octanol–water partition coefficient (Wildman–Crippen LogP) is 0.623. The Kier molecular flexibility index (Phi) is 4.82. The Morgan fingerprint density at radius 1 is 1.50 bits per heavy atom. The van der Waals surface area contributed by atoms with Gasteiger partial charge in [-0.15, -0.1) is 5.10 Å². The largest absolute Gasteiger partial charge is 0.476 e. The fourth-order valence-corrected chi connectivity index (χ4v) is 1.61. The first-order chi connectivity index (χ1) is 8.45. The normalized spacial score (nSPS) is 10.7. The average Bonchev–Trinajstić information content (AvgIpc) is 2.73. The van der Waals surface area contributed by atoms with Gasteiger partial charge in [0.2, 0.25) is 5.91 Å². The van der Waals surface area contributed by atoms with Crippen LogP contribution in [0.1, 0.15) is 37.7 Å². The Bertz CT molecular complexity index is 428. The Balaban J connectivity index is 2.69. The highest BCUT2D eigenvalue weighted by atomic mass is 16.4. The second-order valence-electron chi connectivity index (χ2n) is 4.29. The molecule has 100 valence electrons. The number of carboxylic acids is 1. The van der Waals surface area contributed by atoms with Crippen LogP contribution in [0.3, 0.4) is 0 Å². The Morgan fingerprint density at radius 3 is 2.61 bits per heavy atom. The van der Waals surface area contributed by atoms with E-state index >= 15 is 0 Å². The molecule has 7 nitrogen and oxygen atoms in total. The van der Waals surface area contributed by atoms with Crippen molar-refractivity contribution >= 4 is 11.9 Å². The van der Waals surface area contributed by atoms with Gasteiger partial charge in [0.25, 0.3) is 0 Å². The molecule has 0 saturated carbocycles. The molecule has 0 aliphatic rings. The third kappa shape index (κ3) is 3.54. The van der Waals surface area contributed by atoms with Gasteiger partial charge < -0.3 is 10.0 Å². The molecule has 0 radical (unpaired) electrons. The zero-order valence-electron chi connectivity index (χ0n) is 10.8. The van der Waals surface area contributed by atoms with Crippen LogP contribution in [-0.2, 0) is 11.3 Å². The number of carbonyl (C=O) groups excluding carboxylic acids is 1. The van der Waals surface area contributed by atoms with Crippen LogP contribution in [-0.4, -0.2) is 49.5 Å². The molecule has 1 heterocycles. The Labute approximate surface area is 105 Å². The summed E-state index contributed by atoms with van der Waals surface area (Å²) in [5.74, 6) is -1.24. The number of hydrogen-bond donors (Lipinski definition) is 1. The molecule has 1 aromatic rings. The summed E-state index contributed by atoms with van der Waals surface area (Å²) < 4.78 is 1.25. The number of aromatic nitrogens is 3. The van der Waals surface area contributed by atoms with E-state index in [1.807, 2.05) is 20.8 Å². The number of amides is 1. The lowest BCUT2D eigenvalue weighted by molar-refractivity contribution is -0.133. The monoisotopic (exact) mass is 254 g/mol. The minimum Gasteiger partial charge on any atom is -0.476 e. The fraction of sp³-hybridized carbons (Fsp3) is 0.636. The number of carbonyl (C=O) groups is 2. The molecule has 0 atom stereocenters.